The molecule has 0 saturated carbocycles. The number of carbonyl (C=O) groups excluding carboxylic acids is 1. The van der Waals surface area contributed by atoms with E-state index in [1.807, 2.05) is 17.5 Å². The van der Waals surface area contributed by atoms with Crippen molar-refractivity contribution in [2.24, 2.45) is 11.8 Å². The van der Waals surface area contributed by atoms with E-state index >= 15 is 0 Å². The van der Waals surface area contributed by atoms with Crippen molar-refractivity contribution in [3.8, 4) is 0 Å². The van der Waals surface area contributed by atoms with Gasteiger partial charge in [0.2, 0.25) is 5.91 Å². The molecule has 1 aromatic rings. The minimum Gasteiger partial charge on any atom is -0.481 e. The van der Waals surface area contributed by atoms with Crippen LogP contribution in [0.4, 0.5) is 0 Å². The summed E-state index contributed by atoms with van der Waals surface area (Å²) in [5, 5.41) is 11.0. The minimum absolute atomic E-state index is 0.203. The molecular formula is C12H17NO3S. The number of hydrogen-bond donors (Lipinski definition) is 1. The van der Waals surface area contributed by atoms with Crippen LogP contribution in [0.25, 0.3) is 0 Å². The smallest absolute Gasteiger partial charge is 0.316 e. The van der Waals surface area contributed by atoms with Gasteiger partial charge in [-0.15, -0.1) is 11.3 Å². The Labute approximate surface area is 105 Å². The van der Waals surface area contributed by atoms with E-state index in [1.165, 1.54) is 4.90 Å². The Morgan fingerprint density at radius 2 is 2.12 bits per heavy atom. The van der Waals surface area contributed by atoms with E-state index < -0.39 is 11.9 Å². The largest absolute Gasteiger partial charge is 0.481 e. The molecule has 1 N–H and O–H groups in total. The van der Waals surface area contributed by atoms with Gasteiger partial charge in [0.1, 0.15) is 5.92 Å². The molecule has 1 atom stereocenters. The predicted molar refractivity (Wildman–Crippen MR) is 66.8 cm³/mol. The maximum absolute atomic E-state index is 12.0. The van der Waals surface area contributed by atoms with E-state index in [9.17, 15) is 9.59 Å². The lowest BCUT2D eigenvalue weighted by molar-refractivity contribution is -0.152. The van der Waals surface area contributed by atoms with Crippen LogP contribution >= 0.6 is 11.3 Å². The number of carbonyl (C=O) groups is 2. The number of nitrogens with zero attached hydrogens (tertiary/aromatic N) is 1. The van der Waals surface area contributed by atoms with Crippen molar-refractivity contribution in [1.82, 2.24) is 4.90 Å². The SMILES string of the molecule is CC(C)C(C(=O)O)C(=O)N(C)Cc1cccs1. The lowest BCUT2D eigenvalue weighted by Crippen LogP contribution is -2.39. The Hall–Kier alpha value is -1.36. The fourth-order valence-corrected chi connectivity index (χ4v) is 2.38. The quantitative estimate of drug-likeness (QED) is 0.819. The van der Waals surface area contributed by atoms with Crippen LogP contribution in [0.3, 0.4) is 0 Å². The van der Waals surface area contributed by atoms with Crippen molar-refractivity contribution in [3.05, 3.63) is 22.4 Å². The summed E-state index contributed by atoms with van der Waals surface area (Å²) in [6, 6.07) is 3.84. The molecule has 4 nitrogen and oxygen atoms in total. The minimum atomic E-state index is -1.05. The molecule has 0 bridgehead atoms. The molecule has 0 aliphatic rings. The lowest BCUT2D eigenvalue weighted by Gasteiger charge is -2.23. The van der Waals surface area contributed by atoms with Crippen LogP contribution < -0.4 is 0 Å². The number of rotatable bonds is 5. The van der Waals surface area contributed by atoms with Gasteiger partial charge in [0.05, 0.1) is 6.54 Å². The maximum atomic E-state index is 12.0. The zero-order valence-corrected chi connectivity index (χ0v) is 11.0. The Kier molecular flexibility index (Phi) is 4.69. The van der Waals surface area contributed by atoms with Crippen molar-refractivity contribution in [2.45, 2.75) is 20.4 Å². The van der Waals surface area contributed by atoms with E-state index in [2.05, 4.69) is 0 Å². The van der Waals surface area contributed by atoms with Crippen LogP contribution in [0.5, 0.6) is 0 Å². The first kappa shape index (κ1) is 13.7. The summed E-state index contributed by atoms with van der Waals surface area (Å²) >= 11 is 1.56. The number of amides is 1. The third kappa shape index (κ3) is 3.56. The molecule has 1 amide bonds. The van der Waals surface area contributed by atoms with E-state index in [4.69, 9.17) is 5.11 Å². The van der Waals surface area contributed by atoms with Crippen LogP contribution in [-0.4, -0.2) is 28.9 Å². The van der Waals surface area contributed by atoms with Crippen LogP contribution in [0.1, 0.15) is 18.7 Å². The highest BCUT2D eigenvalue weighted by Crippen LogP contribution is 2.17. The van der Waals surface area contributed by atoms with Crippen molar-refractivity contribution in [3.63, 3.8) is 0 Å². The van der Waals surface area contributed by atoms with Crippen LogP contribution in [0, 0.1) is 11.8 Å². The molecule has 0 radical (unpaired) electrons. The van der Waals surface area contributed by atoms with E-state index in [1.54, 1.807) is 32.2 Å². The average Bonchev–Trinajstić information content (AvgIpc) is 2.68. The fourth-order valence-electron chi connectivity index (χ4n) is 1.63. The van der Waals surface area contributed by atoms with Crippen molar-refractivity contribution < 1.29 is 14.7 Å². The molecule has 5 heteroatoms. The van der Waals surface area contributed by atoms with Crippen molar-refractivity contribution in [1.29, 1.82) is 0 Å². The molecule has 0 spiro atoms. The second-order valence-corrected chi connectivity index (χ2v) is 5.37. The first-order valence-electron chi connectivity index (χ1n) is 5.43. The van der Waals surface area contributed by atoms with Gasteiger partial charge in [-0.2, -0.15) is 0 Å². The van der Waals surface area contributed by atoms with Gasteiger partial charge in [-0.25, -0.2) is 0 Å². The predicted octanol–water partition coefficient (Wildman–Crippen LogP) is 2.06. The van der Waals surface area contributed by atoms with Gasteiger partial charge in [-0.3, -0.25) is 9.59 Å². The van der Waals surface area contributed by atoms with Gasteiger partial charge in [0.25, 0.3) is 0 Å². The Balaban J connectivity index is 2.70. The van der Waals surface area contributed by atoms with E-state index in [0.717, 1.165) is 4.88 Å². The molecule has 1 aromatic heterocycles. The number of carboxylic acid groups (broad SMARTS) is 1. The molecule has 0 aliphatic carbocycles. The summed E-state index contributed by atoms with van der Waals surface area (Å²) in [4.78, 5) is 25.6. The van der Waals surface area contributed by atoms with Gasteiger partial charge in [-0.1, -0.05) is 19.9 Å². The molecule has 1 heterocycles. The van der Waals surface area contributed by atoms with Gasteiger partial charge in [0, 0.05) is 11.9 Å². The standard InChI is InChI=1S/C12H17NO3S/c1-8(2)10(12(15)16)11(14)13(3)7-9-5-4-6-17-9/h4-6,8,10H,7H2,1-3H3,(H,15,16). The summed E-state index contributed by atoms with van der Waals surface area (Å²) in [5.41, 5.74) is 0. The van der Waals surface area contributed by atoms with Gasteiger partial charge >= 0.3 is 5.97 Å². The molecule has 1 rings (SSSR count). The van der Waals surface area contributed by atoms with E-state index in [0.29, 0.717) is 6.54 Å². The average molecular weight is 255 g/mol. The topological polar surface area (TPSA) is 57.6 Å². The molecular weight excluding hydrogens is 238 g/mol. The molecule has 17 heavy (non-hydrogen) atoms. The first-order chi connectivity index (χ1) is 7.93. The Morgan fingerprint density at radius 1 is 1.47 bits per heavy atom. The number of hydrogen-bond acceptors (Lipinski definition) is 3. The molecule has 94 valence electrons. The molecule has 0 fully saturated rings. The van der Waals surface area contributed by atoms with E-state index in [-0.39, 0.29) is 11.8 Å². The Bertz CT molecular complexity index is 386. The summed E-state index contributed by atoms with van der Waals surface area (Å²) in [6.45, 7) is 3.96. The van der Waals surface area contributed by atoms with Crippen molar-refractivity contribution >= 4 is 23.2 Å². The van der Waals surface area contributed by atoms with Gasteiger partial charge < -0.3 is 10.0 Å². The molecule has 0 saturated heterocycles. The second kappa shape index (κ2) is 5.82. The number of carboxylic acids is 1. The third-order valence-electron chi connectivity index (χ3n) is 2.55. The highest BCUT2D eigenvalue weighted by molar-refractivity contribution is 7.09. The highest BCUT2D eigenvalue weighted by atomic mass is 32.1. The van der Waals surface area contributed by atoms with Crippen molar-refractivity contribution in [2.75, 3.05) is 7.05 Å². The number of aliphatic carboxylic acids is 1. The van der Waals surface area contributed by atoms with Crippen LogP contribution in [-0.2, 0) is 16.1 Å². The van der Waals surface area contributed by atoms with Crippen LogP contribution in [0.2, 0.25) is 0 Å². The fraction of sp³-hybridized carbons (Fsp3) is 0.500. The normalized spacial score (nSPS) is 12.5. The Morgan fingerprint density at radius 3 is 2.53 bits per heavy atom. The van der Waals surface area contributed by atoms with Gasteiger partial charge in [0.15, 0.2) is 0 Å². The highest BCUT2D eigenvalue weighted by Gasteiger charge is 2.31. The second-order valence-electron chi connectivity index (χ2n) is 4.33. The molecule has 0 aromatic carbocycles. The first-order valence-corrected chi connectivity index (χ1v) is 6.31. The maximum Gasteiger partial charge on any atom is 0.316 e. The molecule has 0 aliphatic heterocycles. The summed E-state index contributed by atoms with van der Waals surface area (Å²) in [5.74, 6) is -2.55. The summed E-state index contributed by atoms with van der Waals surface area (Å²) < 4.78 is 0. The van der Waals surface area contributed by atoms with Gasteiger partial charge in [-0.05, 0) is 17.4 Å². The lowest BCUT2D eigenvalue weighted by atomic mass is 9.94. The monoisotopic (exact) mass is 255 g/mol. The third-order valence-corrected chi connectivity index (χ3v) is 3.41. The zero-order chi connectivity index (χ0) is 13.0. The molecule has 1 unspecified atom stereocenters. The number of thiophene rings is 1. The summed E-state index contributed by atoms with van der Waals surface area (Å²) in [7, 11) is 1.64. The zero-order valence-electron chi connectivity index (χ0n) is 10.2. The van der Waals surface area contributed by atoms with Crippen LogP contribution in [0.15, 0.2) is 17.5 Å². The summed E-state index contributed by atoms with van der Waals surface area (Å²) in [6.07, 6.45) is 0.